The van der Waals surface area contributed by atoms with Gasteiger partial charge in [0.25, 0.3) is 5.56 Å². The first-order valence-corrected chi connectivity index (χ1v) is 10.3. The quantitative estimate of drug-likeness (QED) is 0.666. The van der Waals surface area contributed by atoms with E-state index in [1.807, 2.05) is 24.3 Å². The monoisotopic (exact) mass is 399 g/mol. The Balaban J connectivity index is 1.37. The Morgan fingerprint density at radius 2 is 2.00 bits per heavy atom. The number of carbonyl (C=O) groups excluding carboxylic acids is 2. The molecule has 0 atom stereocenters. The fraction of sp³-hybridized carbons (Fsp3) is 0.400. The maximum atomic E-state index is 12.4. The predicted molar refractivity (Wildman–Crippen MR) is 106 cm³/mol. The number of fused-ring (bicyclic) bond motifs is 3. The Bertz CT molecular complexity index is 1080. The molecule has 4 rings (SSSR count). The van der Waals surface area contributed by atoms with Gasteiger partial charge in [-0.05, 0) is 25.0 Å². The van der Waals surface area contributed by atoms with Crippen LogP contribution in [0.25, 0.3) is 15.2 Å². The largest absolute Gasteiger partial charge is 0.458 e. The number of benzene rings is 1. The minimum Gasteiger partial charge on any atom is -0.458 e. The zero-order chi connectivity index (χ0) is 19.5. The topological polar surface area (TPSA) is 89.8 Å². The number of amides is 1. The second-order valence-electron chi connectivity index (χ2n) is 6.99. The second-order valence-corrected chi connectivity index (χ2v) is 8.00. The van der Waals surface area contributed by atoms with Crippen molar-refractivity contribution < 1.29 is 14.3 Å². The molecule has 1 fully saturated rings. The summed E-state index contributed by atoms with van der Waals surface area (Å²) in [4.78, 5) is 41.5. The van der Waals surface area contributed by atoms with Gasteiger partial charge in [-0.1, -0.05) is 42.7 Å². The van der Waals surface area contributed by atoms with Crippen LogP contribution in [0.5, 0.6) is 0 Å². The zero-order valence-corrected chi connectivity index (χ0v) is 16.2. The van der Waals surface area contributed by atoms with Gasteiger partial charge in [-0.3, -0.25) is 18.8 Å². The molecule has 3 aromatic rings. The van der Waals surface area contributed by atoms with Gasteiger partial charge in [-0.15, -0.1) is 0 Å². The highest BCUT2D eigenvalue weighted by Crippen LogP contribution is 2.24. The molecule has 2 heterocycles. The molecule has 2 aromatic heterocycles. The first-order valence-electron chi connectivity index (χ1n) is 9.45. The van der Waals surface area contributed by atoms with Gasteiger partial charge in [-0.2, -0.15) is 0 Å². The van der Waals surface area contributed by atoms with Crippen molar-refractivity contribution in [2.45, 2.75) is 38.7 Å². The minimum absolute atomic E-state index is 0.00127. The third kappa shape index (κ3) is 3.91. The lowest BCUT2D eigenvalue weighted by Gasteiger charge is -2.20. The van der Waals surface area contributed by atoms with Crippen molar-refractivity contribution >= 4 is 38.4 Å². The molecule has 0 aliphatic heterocycles. The third-order valence-electron chi connectivity index (χ3n) is 5.01. The second kappa shape index (κ2) is 8.10. The Labute approximate surface area is 165 Å². The van der Waals surface area contributed by atoms with Crippen LogP contribution in [-0.2, 0) is 20.9 Å². The van der Waals surface area contributed by atoms with Crippen LogP contribution in [0, 0.1) is 5.92 Å². The number of rotatable bonds is 5. The third-order valence-corrected chi connectivity index (χ3v) is 6.03. The van der Waals surface area contributed by atoms with Gasteiger partial charge in [0.15, 0.2) is 4.96 Å². The number of ether oxygens (including phenoxy) is 1. The Morgan fingerprint density at radius 1 is 1.21 bits per heavy atom. The number of para-hydroxylation sites is 1. The highest BCUT2D eigenvalue weighted by molar-refractivity contribution is 7.23. The highest BCUT2D eigenvalue weighted by Gasteiger charge is 2.21. The molecule has 0 unspecified atom stereocenters. The number of thiazole rings is 1. The zero-order valence-electron chi connectivity index (χ0n) is 15.3. The van der Waals surface area contributed by atoms with Crippen molar-refractivity contribution in [3.05, 3.63) is 46.4 Å². The maximum absolute atomic E-state index is 12.4. The molecule has 1 aliphatic carbocycles. The van der Waals surface area contributed by atoms with Gasteiger partial charge in [0, 0.05) is 12.0 Å². The van der Waals surface area contributed by atoms with Crippen molar-refractivity contribution in [2.24, 2.45) is 5.92 Å². The van der Waals surface area contributed by atoms with Gasteiger partial charge >= 0.3 is 5.97 Å². The first-order chi connectivity index (χ1) is 13.6. The van der Waals surface area contributed by atoms with Crippen molar-refractivity contribution in [1.82, 2.24) is 14.7 Å². The van der Waals surface area contributed by atoms with Crippen molar-refractivity contribution in [3.8, 4) is 0 Å². The molecular formula is C20H21N3O4S. The van der Waals surface area contributed by atoms with E-state index in [-0.39, 0.29) is 30.5 Å². The number of nitrogens with zero attached hydrogens (tertiary/aromatic N) is 2. The molecular weight excluding hydrogens is 378 g/mol. The predicted octanol–water partition coefficient (Wildman–Crippen LogP) is 2.65. The van der Waals surface area contributed by atoms with Gasteiger partial charge in [-0.25, -0.2) is 4.98 Å². The van der Waals surface area contributed by atoms with Gasteiger partial charge in [0.1, 0.15) is 13.2 Å². The van der Waals surface area contributed by atoms with E-state index in [4.69, 9.17) is 4.74 Å². The summed E-state index contributed by atoms with van der Waals surface area (Å²) in [5, 5.41) is 2.65. The summed E-state index contributed by atoms with van der Waals surface area (Å²) in [7, 11) is 0. The maximum Gasteiger partial charge on any atom is 0.325 e. The van der Waals surface area contributed by atoms with Crippen LogP contribution in [0.4, 0.5) is 0 Å². The SMILES string of the molecule is O=C(CNC(=O)C1CCCCC1)OCc1cc(=O)n2c(n1)sc1ccccc12. The number of hydrogen-bond donors (Lipinski definition) is 1. The molecule has 1 saturated carbocycles. The molecule has 1 aliphatic rings. The van der Waals surface area contributed by atoms with Gasteiger partial charge in [0.05, 0.1) is 15.9 Å². The number of esters is 1. The van der Waals surface area contributed by atoms with Gasteiger partial charge in [0.2, 0.25) is 5.91 Å². The van der Waals surface area contributed by atoms with E-state index in [1.54, 1.807) is 4.40 Å². The van der Waals surface area contributed by atoms with E-state index in [0.717, 1.165) is 35.9 Å². The smallest absolute Gasteiger partial charge is 0.325 e. The minimum atomic E-state index is -0.539. The van der Waals surface area contributed by atoms with Crippen LogP contribution in [-0.4, -0.2) is 27.8 Å². The normalized spacial score (nSPS) is 15.0. The molecule has 0 bridgehead atoms. The fourth-order valence-corrected chi connectivity index (χ4v) is 4.62. The van der Waals surface area contributed by atoms with Crippen LogP contribution < -0.4 is 10.9 Å². The van der Waals surface area contributed by atoms with Crippen molar-refractivity contribution in [3.63, 3.8) is 0 Å². The van der Waals surface area contributed by atoms with E-state index in [1.165, 1.54) is 23.8 Å². The van der Waals surface area contributed by atoms with E-state index >= 15 is 0 Å². The summed E-state index contributed by atoms with van der Waals surface area (Å²) in [6.07, 6.45) is 5.05. The number of hydrogen-bond acceptors (Lipinski definition) is 6. The van der Waals surface area contributed by atoms with Crippen molar-refractivity contribution in [2.75, 3.05) is 6.54 Å². The average molecular weight is 399 g/mol. The molecule has 146 valence electrons. The molecule has 1 aromatic carbocycles. The van der Waals surface area contributed by atoms with Crippen LogP contribution in [0.1, 0.15) is 37.8 Å². The lowest BCUT2D eigenvalue weighted by molar-refractivity contribution is -0.145. The van der Waals surface area contributed by atoms with E-state index in [2.05, 4.69) is 10.3 Å². The fourth-order valence-electron chi connectivity index (χ4n) is 3.57. The highest BCUT2D eigenvalue weighted by atomic mass is 32.1. The van der Waals surface area contributed by atoms with Crippen LogP contribution in [0.3, 0.4) is 0 Å². The summed E-state index contributed by atoms with van der Waals surface area (Å²) in [6, 6.07) is 8.96. The summed E-state index contributed by atoms with van der Waals surface area (Å²) < 4.78 is 7.70. The molecule has 8 heteroatoms. The molecule has 7 nitrogen and oxygen atoms in total. The van der Waals surface area contributed by atoms with E-state index in [9.17, 15) is 14.4 Å². The molecule has 28 heavy (non-hydrogen) atoms. The van der Waals surface area contributed by atoms with Crippen LogP contribution in [0.15, 0.2) is 35.1 Å². The standard InChI is InChI=1S/C20H21N3O4S/c24-17-10-14(22-20-23(17)15-8-4-5-9-16(15)28-20)12-27-18(25)11-21-19(26)13-6-2-1-3-7-13/h4-5,8-10,13H,1-3,6-7,11-12H2,(H,21,26). The van der Waals surface area contributed by atoms with E-state index < -0.39 is 5.97 Å². The lowest BCUT2D eigenvalue weighted by atomic mass is 9.89. The van der Waals surface area contributed by atoms with Crippen LogP contribution >= 0.6 is 11.3 Å². The summed E-state index contributed by atoms with van der Waals surface area (Å²) in [6.45, 7) is -0.266. The Hall–Kier alpha value is -2.74. The lowest BCUT2D eigenvalue weighted by Crippen LogP contribution is -2.36. The van der Waals surface area contributed by atoms with Crippen molar-refractivity contribution in [1.29, 1.82) is 0 Å². The molecule has 0 saturated heterocycles. The number of carbonyl (C=O) groups is 2. The van der Waals surface area contributed by atoms with Gasteiger partial charge < -0.3 is 10.1 Å². The first kappa shape index (κ1) is 18.6. The Morgan fingerprint density at radius 3 is 2.82 bits per heavy atom. The Kier molecular flexibility index (Phi) is 5.38. The summed E-state index contributed by atoms with van der Waals surface area (Å²) in [5.74, 6) is -0.624. The van der Waals surface area contributed by atoms with E-state index in [0.29, 0.717) is 10.7 Å². The van der Waals surface area contributed by atoms with Crippen LogP contribution in [0.2, 0.25) is 0 Å². The molecule has 0 spiro atoms. The molecule has 0 radical (unpaired) electrons. The number of nitrogens with one attached hydrogen (secondary N) is 1. The molecule has 1 amide bonds. The molecule has 1 N–H and O–H groups in total. The number of aromatic nitrogens is 2. The average Bonchev–Trinajstić information content (AvgIpc) is 3.10. The summed E-state index contributed by atoms with van der Waals surface area (Å²) in [5.41, 5.74) is 0.997. The summed E-state index contributed by atoms with van der Waals surface area (Å²) >= 11 is 1.41.